The highest BCUT2D eigenvalue weighted by atomic mass is 16.2. The number of carbonyl (C=O) groups excluding carboxylic acids is 1. The largest absolute Gasteiger partial charge is 0.352 e. The van der Waals surface area contributed by atoms with E-state index in [1.54, 1.807) is 0 Å². The van der Waals surface area contributed by atoms with Gasteiger partial charge in [0.05, 0.1) is 17.4 Å². The molecule has 32 heavy (non-hydrogen) atoms. The molecule has 1 aliphatic heterocycles. The molecule has 2 heterocycles. The Bertz CT molecular complexity index is 1040. The summed E-state index contributed by atoms with van der Waals surface area (Å²) in [5.74, 6) is 0.177. The molecule has 1 atom stereocenters. The maximum atomic E-state index is 12.4. The van der Waals surface area contributed by atoms with Crippen LogP contribution in [0.1, 0.15) is 25.3 Å². The van der Waals surface area contributed by atoms with Crippen molar-refractivity contribution in [1.82, 2.24) is 24.9 Å². The van der Waals surface area contributed by atoms with E-state index in [1.165, 1.54) is 5.56 Å². The fourth-order valence-electron chi connectivity index (χ4n) is 4.34. The number of hydrogen-bond acceptors (Lipinski definition) is 4. The number of piperazine rings is 1. The molecule has 1 saturated carbocycles. The predicted octanol–water partition coefficient (Wildman–Crippen LogP) is 3.32. The number of hydrogen-bond donors (Lipinski definition) is 1. The maximum absolute atomic E-state index is 12.4. The van der Waals surface area contributed by atoms with Crippen LogP contribution in [0.25, 0.3) is 16.9 Å². The van der Waals surface area contributed by atoms with E-state index >= 15 is 0 Å². The van der Waals surface area contributed by atoms with Gasteiger partial charge in [-0.3, -0.25) is 14.6 Å². The molecule has 1 aliphatic carbocycles. The van der Waals surface area contributed by atoms with Gasteiger partial charge in [-0.05, 0) is 31.9 Å². The molecule has 1 N–H and O–H groups in total. The number of aromatic nitrogens is 2. The summed E-state index contributed by atoms with van der Waals surface area (Å²) in [4.78, 5) is 17.2. The summed E-state index contributed by atoms with van der Waals surface area (Å²) in [6, 6.07) is 21.0. The summed E-state index contributed by atoms with van der Waals surface area (Å²) in [6.45, 7) is 6.61. The highest BCUT2D eigenvalue weighted by Gasteiger charge is 2.30. The van der Waals surface area contributed by atoms with Gasteiger partial charge in [0.1, 0.15) is 0 Å². The van der Waals surface area contributed by atoms with Crippen molar-refractivity contribution in [3.63, 3.8) is 0 Å². The van der Waals surface area contributed by atoms with Crippen molar-refractivity contribution < 1.29 is 4.79 Å². The molecular weight excluding hydrogens is 398 g/mol. The number of amides is 1. The third kappa shape index (κ3) is 4.76. The van der Waals surface area contributed by atoms with Crippen LogP contribution < -0.4 is 5.32 Å². The highest BCUT2D eigenvalue weighted by molar-refractivity contribution is 5.81. The van der Waals surface area contributed by atoms with Gasteiger partial charge >= 0.3 is 0 Å². The zero-order valence-electron chi connectivity index (χ0n) is 18.7. The molecular formula is C26H31N5O. The zero-order chi connectivity index (χ0) is 21.9. The minimum absolute atomic E-state index is 0.0570. The molecule has 0 radical (unpaired) electrons. The number of carbonyl (C=O) groups is 1. The van der Waals surface area contributed by atoms with E-state index in [0.717, 1.165) is 62.5 Å². The summed E-state index contributed by atoms with van der Waals surface area (Å²) in [7, 11) is 0. The first-order valence-electron chi connectivity index (χ1n) is 11.6. The van der Waals surface area contributed by atoms with Crippen molar-refractivity contribution in [3.05, 3.63) is 72.4 Å². The lowest BCUT2D eigenvalue weighted by Gasteiger charge is -2.37. The van der Waals surface area contributed by atoms with Crippen LogP contribution in [-0.2, 0) is 11.3 Å². The van der Waals surface area contributed by atoms with Gasteiger partial charge in [-0.2, -0.15) is 5.10 Å². The second kappa shape index (κ2) is 9.27. The molecule has 3 aromatic rings. The Morgan fingerprint density at radius 2 is 1.66 bits per heavy atom. The van der Waals surface area contributed by atoms with Crippen molar-refractivity contribution in [2.75, 3.05) is 26.2 Å². The van der Waals surface area contributed by atoms with Crippen LogP contribution in [0.2, 0.25) is 0 Å². The van der Waals surface area contributed by atoms with Crippen molar-refractivity contribution in [2.24, 2.45) is 0 Å². The van der Waals surface area contributed by atoms with Crippen molar-refractivity contribution in [3.8, 4) is 16.9 Å². The smallest absolute Gasteiger partial charge is 0.237 e. The standard InChI is InChI=1S/C26H31N5O/c1-20(26(32)27-23-12-13-23)30-16-14-29(15-17-30)18-22-19-31(24-10-6-3-7-11-24)28-25(22)21-8-4-2-5-9-21/h2-11,19-20,23H,12-18H2,1H3,(H,27,32)/t20-/m1/s1. The van der Waals surface area contributed by atoms with Crippen LogP contribution in [0, 0.1) is 0 Å². The van der Waals surface area contributed by atoms with Gasteiger partial charge in [-0.15, -0.1) is 0 Å². The molecule has 2 aliphatic rings. The summed E-state index contributed by atoms with van der Waals surface area (Å²) in [5, 5.41) is 8.08. The maximum Gasteiger partial charge on any atom is 0.237 e. The second-order valence-electron chi connectivity index (χ2n) is 8.92. The van der Waals surface area contributed by atoms with Crippen LogP contribution in [0.5, 0.6) is 0 Å². The second-order valence-corrected chi connectivity index (χ2v) is 8.92. The first-order chi connectivity index (χ1) is 15.7. The topological polar surface area (TPSA) is 53.4 Å². The number of nitrogens with zero attached hydrogens (tertiary/aromatic N) is 4. The molecule has 166 valence electrons. The van der Waals surface area contributed by atoms with Gasteiger partial charge in [0.15, 0.2) is 0 Å². The summed E-state index contributed by atoms with van der Waals surface area (Å²) in [5.41, 5.74) is 4.47. The summed E-state index contributed by atoms with van der Waals surface area (Å²) >= 11 is 0. The quantitative estimate of drug-likeness (QED) is 0.626. The lowest BCUT2D eigenvalue weighted by Crippen LogP contribution is -2.53. The Labute approximate surface area is 189 Å². The Morgan fingerprint density at radius 1 is 1.00 bits per heavy atom. The van der Waals surface area contributed by atoms with Crippen LogP contribution in [0.15, 0.2) is 66.9 Å². The monoisotopic (exact) mass is 429 g/mol. The Balaban J connectivity index is 1.28. The average Bonchev–Trinajstić information content (AvgIpc) is 3.56. The molecule has 1 aromatic heterocycles. The fraction of sp³-hybridized carbons (Fsp3) is 0.385. The van der Waals surface area contributed by atoms with E-state index in [-0.39, 0.29) is 11.9 Å². The van der Waals surface area contributed by atoms with E-state index < -0.39 is 0 Å². The predicted molar refractivity (Wildman–Crippen MR) is 126 cm³/mol. The van der Waals surface area contributed by atoms with Crippen molar-refractivity contribution in [2.45, 2.75) is 38.4 Å². The molecule has 1 amide bonds. The van der Waals surface area contributed by atoms with Crippen LogP contribution in [0.3, 0.4) is 0 Å². The number of rotatable bonds is 7. The molecule has 0 spiro atoms. The molecule has 6 heteroatoms. The van der Waals surface area contributed by atoms with Crippen LogP contribution in [0.4, 0.5) is 0 Å². The van der Waals surface area contributed by atoms with E-state index in [2.05, 4.69) is 57.7 Å². The van der Waals surface area contributed by atoms with E-state index in [0.29, 0.717) is 6.04 Å². The van der Waals surface area contributed by atoms with Gasteiger partial charge < -0.3 is 5.32 Å². The minimum atomic E-state index is -0.0570. The first-order valence-corrected chi connectivity index (χ1v) is 11.6. The minimum Gasteiger partial charge on any atom is -0.352 e. The molecule has 2 aromatic carbocycles. The van der Waals surface area contributed by atoms with Crippen molar-refractivity contribution >= 4 is 5.91 Å². The lowest BCUT2D eigenvalue weighted by atomic mass is 10.1. The highest BCUT2D eigenvalue weighted by Crippen LogP contribution is 2.25. The lowest BCUT2D eigenvalue weighted by molar-refractivity contribution is -0.126. The van der Waals surface area contributed by atoms with Crippen LogP contribution >= 0.6 is 0 Å². The van der Waals surface area contributed by atoms with E-state index in [4.69, 9.17) is 5.10 Å². The van der Waals surface area contributed by atoms with Crippen LogP contribution in [-0.4, -0.2) is 63.8 Å². The van der Waals surface area contributed by atoms with Gasteiger partial charge in [-0.1, -0.05) is 48.5 Å². The number of nitrogens with one attached hydrogen (secondary N) is 1. The zero-order valence-corrected chi connectivity index (χ0v) is 18.7. The third-order valence-electron chi connectivity index (χ3n) is 6.51. The molecule has 2 fully saturated rings. The molecule has 0 unspecified atom stereocenters. The van der Waals surface area contributed by atoms with E-state index in [9.17, 15) is 4.79 Å². The first kappa shape index (κ1) is 20.9. The summed E-state index contributed by atoms with van der Waals surface area (Å²) in [6.07, 6.45) is 4.43. The molecule has 5 rings (SSSR count). The summed E-state index contributed by atoms with van der Waals surface area (Å²) < 4.78 is 1.98. The molecule has 0 bridgehead atoms. The number of para-hydroxylation sites is 1. The third-order valence-corrected chi connectivity index (χ3v) is 6.51. The van der Waals surface area contributed by atoms with Gasteiger partial charge in [0.25, 0.3) is 0 Å². The average molecular weight is 430 g/mol. The normalized spacial score (nSPS) is 18.4. The fourth-order valence-corrected chi connectivity index (χ4v) is 4.34. The molecule has 1 saturated heterocycles. The van der Waals surface area contributed by atoms with Gasteiger partial charge in [0.2, 0.25) is 5.91 Å². The molecule has 6 nitrogen and oxygen atoms in total. The Kier molecular flexibility index (Phi) is 6.06. The van der Waals surface area contributed by atoms with Gasteiger partial charge in [-0.25, -0.2) is 4.68 Å². The van der Waals surface area contributed by atoms with Gasteiger partial charge in [0, 0.05) is 56.1 Å². The SMILES string of the molecule is C[C@H](C(=O)NC1CC1)N1CCN(Cc2cn(-c3ccccc3)nc2-c2ccccc2)CC1. The Morgan fingerprint density at radius 3 is 2.31 bits per heavy atom. The van der Waals surface area contributed by atoms with Crippen molar-refractivity contribution in [1.29, 1.82) is 0 Å². The number of benzene rings is 2. The Hall–Kier alpha value is -2.96. The van der Waals surface area contributed by atoms with E-state index in [1.807, 2.05) is 35.9 Å².